The van der Waals surface area contributed by atoms with Gasteiger partial charge in [-0.1, -0.05) is 23.7 Å². The monoisotopic (exact) mass is 254 g/mol. The molecule has 3 aromatic rings. The minimum Gasteiger partial charge on any atom is -0.256 e. The zero-order valence-electron chi connectivity index (χ0n) is 9.89. The van der Waals surface area contributed by atoms with E-state index >= 15 is 0 Å². The summed E-state index contributed by atoms with van der Waals surface area (Å²) >= 11 is 5.98. The predicted molar refractivity (Wildman–Crippen MR) is 74.7 cm³/mol. The molecule has 0 spiro atoms. The van der Waals surface area contributed by atoms with Crippen molar-refractivity contribution in [2.75, 3.05) is 0 Å². The maximum atomic E-state index is 5.98. The molecule has 18 heavy (non-hydrogen) atoms. The van der Waals surface area contributed by atoms with Crippen LogP contribution in [0.25, 0.3) is 22.2 Å². The van der Waals surface area contributed by atoms with Gasteiger partial charge in [-0.3, -0.25) is 9.97 Å². The van der Waals surface area contributed by atoms with Crippen molar-refractivity contribution < 1.29 is 0 Å². The Morgan fingerprint density at radius 3 is 2.72 bits per heavy atom. The molecule has 2 nitrogen and oxygen atoms in total. The second kappa shape index (κ2) is 4.39. The Morgan fingerprint density at radius 2 is 1.89 bits per heavy atom. The van der Waals surface area contributed by atoms with Crippen LogP contribution >= 0.6 is 11.6 Å². The van der Waals surface area contributed by atoms with Crippen LogP contribution in [0.4, 0.5) is 0 Å². The number of fused-ring (bicyclic) bond motifs is 1. The molecule has 0 radical (unpaired) electrons. The molecule has 88 valence electrons. The summed E-state index contributed by atoms with van der Waals surface area (Å²) in [7, 11) is 0. The number of halogens is 1. The molecule has 1 aromatic carbocycles. The molecule has 0 N–H and O–H groups in total. The Labute approximate surface area is 110 Å². The fraction of sp³-hybridized carbons (Fsp3) is 0.0667. The largest absolute Gasteiger partial charge is 0.256 e. The summed E-state index contributed by atoms with van der Waals surface area (Å²) in [5.41, 5.74) is 3.96. The van der Waals surface area contributed by atoms with Gasteiger partial charge in [0.15, 0.2) is 0 Å². The van der Waals surface area contributed by atoms with Crippen molar-refractivity contribution in [3.05, 3.63) is 59.4 Å². The standard InChI is InChI=1S/C15H11ClN2/c1-10-2-3-11-8-12(4-5-14(11)18-10)15-9-13(16)6-7-17-15/h2-9H,1H3. The summed E-state index contributed by atoms with van der Waals surface area (Å²) in [5.74, 6) is 0. The van der Waals surface area contributed by atoms with Crippen LogP contribution in [0.1, 0.15) is 5.69 Å². The number of rotatable bonds is 1. The number of aromatic nitrogens is 2. The fourth-order valence-corrected chi connectivity index (χ4v) is 2.11. The van der Waals surface area contributed by atoms with Crippen LogP contribution in [0.3, 0.4) is 0 Å². The lowest BCUT2D eigenvalue weighted by atomic mass is 10.1. The van der Waals surface area contributed by atoms with Crippen LogP contribution in [0.5, 0.6) is 0 Å². The number of nitrogens with zero attached hydrogens (tertiary/aromatic N) is 2. The van der Waals surface area contributed by atoms with Crippen molar-refractivity contribution >= 4 is 22.5 Å². The average molecular weight is 255 g/mol. The van der Waals surface area contributed by atoms with Gasteiger partial charge in [0, 0.05) is 27.9 Å². The van der Waals surface area contributed by atoms with E-state index in [1.165, 1.54) is 0 Å². The second-order valence-corrected chi connectivity index (χ2v) is 4.66. The lowest BCUT2D eigenvalue weighted by Gasteiger charge is -2.04. The van der Waals surface area contributed by atoms with Crippen LogP contribution < -0.4 is 0 Å². The first-order valence-corrected chi connectivity index (χ1v) is 6.09. The van der Waals surface area contributed by atoms with E-state index < -0.39 is 0 Å². The fourth-order valence-electron chi connectivity index (χ4n) is 1.95. The van der Waals surface area contributed by atoms with Gasteiger partial charge < -0.3 is 0 Å². The molecule has 0 aliphatic heterocycles. The highest BCUT2D eigenvalue weighted by molar-refractivity contribution is 6.30. The van der Waals surface area contributed by atoms with Crippen LogP contribution in [0, 0.1) is 6.92 Å². The predicted octanol–water partition coefficient (Wildman–Crippen LogP) is 4.26. The van der Waals surface area contributed by atoms with Crippen molar-refractivity contribution in [2.24, 2.45) is 0 Å². The number of hydrogen-bond acceptors (Lipinski definition) is 2. The van der Waals surface area contributed by atoms with Gasteiger partial charge in [-0.05, 0) is 37.3 Å². The second-order valence-electron chi connectivity index (χ2n) is 4.22. The molecule has 0 amide bonds. The minimum atomic E-state index is 0.696. The van der Waals surface area contributed by atoms with Gasteiger partial charge in [0.2, 0.25) is 0 Å². The first kappa shape index (κ1) is 11.2. The quantitative estimate of drug-likeness (QED) is 0.648. The molecule has 0 atom stereocenters. The Morgan fingerprint density at radius 1 is 1.00 bits per heavy atom. The molecule has 0 saturated heterocycles. The summed E-state index contributed by atoms with van der Waals surface area (Å²) in [6.45, 7) is 1.99. The molecule has 3 rings (SSSR count). The van der Waals surface area contributed by atoms with Crippen LogP contribution in [-0.2, 0) is 0 Å². The van der Waals surface area contributed by atoms with Crippen LogP contribution in [0.15, 0.2) is 48.7 Å². The van der Waals surface area contributed by atoms with Crippen molar-refractivity contribution in [1.29, 1.82) is 0 Å². The lowest BCUT2D eigenvalue weighted by Crippen LogP contribution is -1.86. The Kier molecular flexibility index (Phi) is 2.73. The van der Waals surface area contributed by atoms with Gasteiger partial charge in [0.1, 0.15) is 0 Å². The maximum Gasteiger partial charge on any atom is 0.0717 e. The number of hydrogen-bond donors (Lipinski definition) is 0. The zero-order valence-corrected chi connectivity index (χ0v) is 10.6. The normalized spacial score (nSPS) is 10.8. The highest BCUT2D eigenvalue weighted by Gasteiger charge is 2.02. The number of aryl methyl sites for hydroxylation is 1. The molecule has 0 aliphatic rings. The third-order valence-electron chi connectivity index (χ3n) is 2.85. The van der Waals surface area contributed by atoms with Crippen molar-refractivity contribution in [1.82, 2.24) is 9.97 Å². The molecule has 0 aliphatic carbocycles. The highest BCUT2D eigenvalue weighted by Crippen LogP contribution is 2.24. The molecule has 3 heteroatoms. The summed E-state index contributed by atoms with van der Waals surface area (Å²) in [6, 6.07) is 13.8. The summed E-state index contributed by atoms with van der Waals surface area (Å²) < 4.78 is 0. The van der Waals surface area contributed by atoms with E-state index in [-0.39, 0.29) is 0 Å². The van der Waals surface area contributed by atoms with E-state index in [1.807, 2.05) is 31.2 Å². The third kappa shape index (κ3) is 2.07. The number of pyridine rings is 2. The minimum absolute atomic E-state index is 0.696. The van der Waals surface area contributed by atoms with Gasteiger partial charge in [-0.2, -0.15) is 0 Å². The summed E-state index contributed by atoms with van der Waals surface area (Å²) in [6.07, 6.45) is 1.72. The van der Waals surface area contributed by atoms with Crippen LogP contribution in [-0.4, -0.2) is 9.97 Å². The van der Waals surface area contributed by atoms with E-state index in [2.05, 4.69) is 22.1 Å². The Hall–Kier alpha value is -1.93. The average Bonchev–Trinajstić information content (AvgIpc) is 2.38. The van der Waals surface area contributed by atoms with Gasteiger partial charge in [0.25, 0.3) is 0 Å². The number of benzene rings is 1. The molecule has 0 fully saturated rings. The SMILES string of the molecule is Cc1ccc2cc(-c3cc(Cl)ccn3)ccc2n1. The maximum absolute atomic E-state index is 5.98. The van der Waals surface area contributed by atoms with Crippen molar-refractivity contribution in [3.8, 4) is 11.3 Å². The van der Waals surface area contributed by atoms with Crippen molar-refractivity contribution in [3.63, 3.8) is 0 Å². The van der Waals surface area contributed by atoms with Gasteiger partial charge in [-0.15, -0.1) is 0 Å². The Bertz CT molecular complexity index is 723. The molecular weight excluding hydrogens is 244 g/mol. The molecular formula is C15H11ClN2. The van der Waals surface area contributed by atoms with E-state index in [9.17, 15) is 0 Å². The van der Waals surface area contributed by atoms with Gasteiger partial charge >= 0.3 is 0 Å². The lowest BCUT2D eigenvalue weighted by molar-refractivity contribution is 1.25. The molecule has 0 unspecified atom stereocenters. The topological polar surface area (TPSA) is 25.8 Å². The molecule has 2 aromatic heterocycles. The molecule has 0 saturated carbocycles. The highest BCUT2D eigenvalue weighted by atomic mass is 35.5. The third-order valence-corrected chi connectivity index (χ3v) is 3.08. The molecule has 2 heterocycles. The van der Waals surface area contributed by atoms with Crippen molar-refractivity contribution in [2.45, 2.75) is 6.92 Å². The van der Waals surface area contributed by atoms with E-state index in [1.54, 1.807) is 12.3 Å². The first-order valence-electron chi connectivity index (χ1n) is 5.72. The Balaban J connectivity index is 2.16. The summed E-state index contributed by atoms with van der Waals surface area (Å²) in [4.78, 5) is 8.81. The van der Waals surface area contributed by atoms with Crippen LogP contribution in [0.2, 0.25) is 5.02 Å². The zero-order chi connectivity index (χ0) is 12.5. The van der Waals surface area contributed by atoms with E-state index in [0.29, 0.717) is 5.02 Å². The van der Waals surface area contributed by atoms with Gasteiger partial charge in [0.05, 0.1) is 11.2 Å². The molecule has 0 bridgehead atoms. The first-order chi connectivity index (χ1) is 8.72. The summed E-state index contributed by atoms with van der Waals surface area (Å²) in [5, 5.41) is 1.81. The van der Waals surface area contributed by atoms with E-state index in [4.69, 9.17) is 11.6 Å². The smallest absolute Gasteiger partial charge is 0.0717 e. The van der Waals surface area contributed by atoms with E-state index in [0.717, 1.165) is 27.9 Å². The van der Waals surface area contributed by atoms with Gasteiger partial charge in [-0.25, -0.2) is 0 Å².